The molecule has 2 unspecified atom stereocenters. The Balaban J connectivity index is 1.55. The number of nitrogens with one attached hydrogen (secondary N) is 1. The van der Waals surface area contributed by atoms with E-state index in [9.17, 15) is 24.6 Å². The number of nitrogens with zero attached hydrogens (tertiary/aromatic N) is 1. The SMILES string of the molecule is CCNC1(C(=O)O)CC(C(=O)O)N(C(=O)OCC2c3ccccc3-c3ccccc32)C1. The number of carboxylic acids is 2. The van der Waals surface area contributed by atoms with Gasteiger partial charge in [-0.3, -0.25) is 9.69 Å². The summed E-state index contributed by atoms with van der Waals surface area (Å²) in [5.41, 5.74) is 2.74. The van der Waals surface area contributed by atoms with Crippen LogP contribution in [0.5, 0.6) is 0 Å². The summed E-state index contributed by atoms with van der Waals surface area (Å²) in [5, 5.41) is 22.1. The van der Waals surface area contributed by atoms with Gasteiger partial charge >= 0.3 is 18.0 Å². The lowest BCUT2D eigenvalue weighted by atomic mass is 9.96. The van der Waals surface area contributed by atoms with Crippen LogP contribution in [-0.4, -0.2) is 64.4 Å². The van der Waals surface area contributed by atoms with Crippen molar-refractivity contribution in [1.82, 2.24) is 10.2 Å². The molecule has 8 nitrogen and oxygen atoms in total. The molecule has 31 heavy (non-hydrogen) atoms. The van der Waals surface area contributed by atoms with E-state index >= 15 is 0 Å². The maximum atomic E-state index is 12.9. The average molecular weight is 424 g/mol. The number of fused-ring (bicyclic) bond motifs is 3. The van der Waals surface area contributed by atoms with Crippen molar-refractivity contribution < 1.29 is 29.3 Å². The summed E-state index contributed by atoms with van der Waals surface area (Å²) in [6, 6.07) is 14.5. The molecule has 8 heteroatoms. The van der Waals surface area contributed by atoms with Crippen LogP contribution in [0, 0.1) is 0 Å². The highest BCUT2D eigenvalue weighted by Crippen LogP contribution is 2.44. The van der Waals surface area contributed by atoms with Crippen LogP contribution < -0.4 is 5.32 Å². The molecule has 0 aromatic heterocycles. The van der Waals surface area contributed by atoms with Crippen molar-refractivity contribution >= 4 is 18.0 Å². The number of amides is 1. The molecule has 0 bridgehead atoms. The second-order valence-corrected chi connectivity index (χ2v) is 7.91. The second-order valence-electron chi connectivity index (χ2n) is 7.91. The van der Waals surface area contributed by atoms with Gasteiger partial charge in [0.2, 0.25) is 0 Å². The second kappa shape index (κ2) is 8.03. The van der Waals surface area contributed by atoms with Gasteiger partial charge in [0.05, 0.1) is 6.54 Å². The summed E-state index contributed by atoms with van der Waals surface area (Å²) >= 11 is 0. The van der Waals surface area contributed by atoms with Gasteiger partial charge in [-0.2, -0.15) is 0 Å². The van der Waals surface area contributed by atoms with Crippen LogP contribution in [0.4, 0.5) is 4.79 Å². The number of carbonyl (C=O) groups is 3. The zero-order valence-corrected chi connectivity index (χ0v) is 17.1. The third-order valence-corrected chi connectivity index (χ3v) is 6.14. The normalized spacial score (nSPS) is 22.1. The minimum Gasteiger partial charge on any atom is -0.480 e. The molecule has 1 saturated heterocycles. The number of aliphatic carboxylic acids is 2. The molecular weight excluding hydrogens is 400 g/mol. The molecule has 1 aliphatic carbocycles. The number of likely N-dealkylation sites (N-methyl/N-ethyl adjacent to an activating group) is 1. The molecule has 0 radical (unpaired) electrons. The summed E-state index contributed by atoms with van der Waals surface area (Å²) < 4.78 is 5.56. The van der Waals surface area contributed by atoms with Gasteiger partial charge in [-0.1, -0.05) is 55.5 Å². The first-order valence-electron chi connectivity index (χ1n) is 10.2. The van der Waals surface area contributed by atoms with Crippen LogP contribution in [0.15, 0.2) is 48.5 Å². The number of carbonyl (C=O) groups excluding carboxylic acids is 1. The Bertz CT molecular complexity index is 993. The molecule has 1 fully saturated rings. The summed E-state index contributed by atoms with van der Waals surface area (Å²) in [6.45, 7) is 1.83. The molecule has 4 rings (SSSR count). The van der Waals surface area contributed by atoms with Gasteiger partial charge < -0.3 is 20.3 Å². The summed E-state index contributed by atoms with van der Waals surface area (Å²) in [4.78, 5) is 37.5. The lowest BCUT2D eigenvalue weighted by molar-refractivity contribution is -0.144. The third kappa shape index (κ3) is 3.53. The lowest BCUT2D eigenvalue weighted by Crippen LogP contribution is -2.54. The van der Waals surface area contributed by atoms with Crippen molar-refractivity contribution in [2.24, 2.45) is 0 Å². The van der Waals surface area contributed by atoms with E-state index in [1.807, 2.05) is 48.5 Å². The molecular formula is C23H24N2O6. The molecule has 1 aliphatic heterocycles. The largest absolute Gasteiger partial charge is 0.480 e. The molecule has 162 valence electrons. The van der Waals surface area contributed by atoms with E-state index in [-0.39, 0.29) is 25.5 Å². The molecule has 2 aromatic carbocycles. The quantitative estimate of drug-likeness (QED) is 0.652. The third-order valence-electron chi connectivity index (χ3n) is 6.14. The maximum absolute atomic E-state index is 12.9. The summed E-state index contributed by atoms with van der Waals surface area (Å²) in [6.07, 6.45) is -1.05. The van der Waals surface area contributed by atoms with Crippen molar-refractivity contribution in [2.75, 3.05) is 19.7 Å². The highest BCUT2D eigenvalue weighted by Gasteiger charge is 2.54. The molecule has 2 atom stereocenters. The van der Waals surface area contributed by atoms with Crippen LogP contribution in [0.3, 0.4) is 0 Å². The molecule has 3 N–H and O–H groups in total. The van der Waals surface area contributed by atoms with Gasteiger partial charge in [-0.25, -0.2) is 9.59 Å². The van der Waals surface area contributed by atoms with E-state index in [4.69, 9.17) is 4.74 Å². The minimum absolute atomic E-state index is 0.0387. The molecule has 1 amide bonds. The Morgan fingerprint density at radius 1 is 1.06 bits per heavy atom. The van der Waals surface area contributed by atoms with Crippen LogP contribution in [-0.2, 0) is 14.3 Å². The molecule has 2 aliphatic rings. The fourth-order valence-electron chi connectivity index (χ4n) is 4.69. The zero-order chi connectivity index (χ0) is 22.2. The highest BCUT2D eigenvalue weighted by molar-refractivity contribution is 5.87. The zero-order valence-electron chi connectivity index (χ0n) is 17.1. The van der Waals surface area contributed by atoms with Crippen LogP contribution in [0.1, 0.15) is 30.4 Å². The van der Waals surface area contributed by atoms with Gasteiger partial charge in [0.15, 0.2) is 0 Å². The summed E-state index contributed by atoms with van der Waals surface area (Å²) in [5.74, 6) is -2.61. The average Bonchev–Trinajstić information content (AvgIpc) is 3.30. The van der Waals surface area contributed by atoms with Gasteiger partial charge in [0, 0.05) is 12.3 Å². The predicted octanol–water partition coefficient (Wildman–Crippen LogP) is 2.53. The first kappa shape index (κ1) is 20.9. The van der Waals surface area contributed by atoms with Crippen molar-refractivity contribution in [1.29, 1.82) is 0 Å². The van der Waals surface area contributed by atoms with Crippen LogP contribution in [0.25, 0.3) is 11.1 Å². The number of likely N-dealkylation sites (tertiary alicyclic amines) is 1. The minimum atomic E-state index is -1.51. The Morgan fingerprint density at radius 2 is 1.65 bits per heavy atom. The van der Waals surface area contributed by atoms with E-state index in [1.54, 1.807) is 6.92 Å². The van der Waals surface area contributed by atoms with Crippen molar-refractivity contribution in [3.63, 3.8) is 0 Å². The van der Waals surface area contributed by atoms with E-state index in [1.165, 1.54) is 0 Å². The molecule has 1 heterocycles. The van der Waals surface area contributed by atoms with E-state index in [2.05, 4.69) is 5.32 Å². The van der Waals surface area contributed by atoms with Crippen LogP contribution >= 0.6 is 0 Å². The smallest absolute Gasteiger partial charge is 0.410 e. The standard InChI is InChI=1S/C23H24N2O6/c1-2-24-23(21(28)29)11-19(20(26)27)25(13-23)22(30)31-12-18-16-9-5-3-7-14(16)15-8-4-6-10-17(15)18/h3-10,18-19,24H,2,11-13H2,1H3,(H,26,27)(H,28,29). The number of hydrogen-bond acceptors (Lipinski definition) is 5. The molecule has 2 aromatic rings. The number of ether oxygens (including phenoxy) is 1. The van der Waals surface area contributed by atoms with E-state index in [0.29, 0.717) is 6.54 Å². The van der Waals surface area contributed by atoms with Gasteiger partial charge in [-0.15, -0.1) is 0 Å². The van der Waals surface area contributed by atoms with E-state index in [0.717, 1.165) is 27.2 Å². The fourth-order valence-corrected chi connectivity index (χ4v) is 4.69. The highest BCUT2D eigenvalue weighted by atomic mass is 16.6. The van der Waals surface area contributed by atoms with Gasteiger partial charge in [0.25, 0.3) is 0 Å². The summed E-state index contributed by atoms with van der Waals surface area (Å²) in [7, 11) is 0. The van der Waals surface area contributed by atoms with E-state index < -0.39 is 29.6 Å². The number of benzene rings is 2. The van der Waals surface area contributed by atoms with Crippen molar-refractivity contribution in [3.8, 4) is 11.1 Å². The first-order valence-corrected chi connectivity index (χ1v) is 10.2. The Labute approximate surface area is 179 Å². The van der Waals surface area contributed by atoms with Crippen molar-refractivity contribution in [3.05, 3.63) is 59.7 Å². The number of carboxylic acid groups (broad SMARTS) is 2. The van der Waals surface area contributed by atoms with Crippen LogP contribution in [0.2, 0.25) is 0 Å². The fraction of sp³-hybridized carbons (Fsp3) is 0.348. The molecule has 0 spiro atoms. The Hall–Kier alpha value is -3.39. The van der Waals surface area contributed by atoms with Gasteiger partial charge in [-0.05, 0) is 28.8 Å². The van der Waals surface area contributed by atoms with Crippen molar-refractivity contribution in [2.45, 2.75) is 30.8 Å². The monoisotopic (exact) mass is 424 g/mol. The topological polar surface area (TPSA) is 116 Å². The number of hydrogen-bond donors (Lipinski definition) is 3. The lowest BCUT2D eigenvalue weighted by Gasteiger charge is -2.25. The molecule has 0 saturated carbocycles. The first-order chi connectivity index (χ1) is 14.9. The van der Waals surface area contributed by atoms with Gasteiger partial charge in [0.1, 0.15) is 18.2 Å². The maximum Gasteiger partial charge on any atom is 0.410 e. The Kier molecular flexibility index (Phi) is 5.41. The predicted molar refractivity (Wildman–Crippen MR) is 112 cm³/mol. The number of rotatable bonds is 6. The Morgan fingerprint density at radius 3 is 2.16 bits per heavy atom.